The molecule has 2 aromatic rings. The van der Waals surface area contributed by atoms with Crippen molar-refractivity contribution >= 4 is 22.9 Å². The van der Waals surface area contributed by atoms with Crippen molar-refractivity contribution in [2.75, 3.05) is 12.3 Å². The summed E-state index contributed by atoms with van der Waals surface area (Å²) in [6.45, 7) is 3.03. The van der Waals surface area contributed by atoms with Gasteiger partial charge < -0.3 is 10.6 Å². The third kappa shape index (κ3) is 3.12. The Kier molecular flexibility index (Phi) is 4.16. The average Bonchev–Trinajstić information content (AvgIpc) is 2.88. The van der Waals surface area contributed by atoms with Crippen LogP contribution in [0.1, 0.15) is 22.2 Å². The standard InChI is InChI=1S/C14H15FN2OS/c1-2-17(9-11-4-3-7-19-11)14(18)12-6-5-10(15)8-13(12)16/h3-8H,2,9,16H2,1H3. The summed E-state index contributed by atoms with van der Waals surface area (Å²) < 4.78 is 13.0. The number of hydrogen-bond acceptors (Lipinski definition) is 3. The number of carbonyl (C=O) groups is 1. The van der Waals surface area contributed by atoms with Crippen molar-refractivity contribution in [3.05, 3.63) is 52.0 Å². The van der Waals surface area contributed by atoms with Crippen molar-refractivity contribution in [3.63, 3.8) is 0 Å². The second-order valence-corrected chi connectivity index (χ2v) is 5.16. The van der Waals surface area contributed by atoms with E-state index in [1.54, 1.807) is 16.2 Å². The van der Waals surface area contributed by atoms with Gasteiger partial charge in [0.2, 0.25) is 0 Å². The summed E-state index contributed by atoms with van der Waals surface area (Å²) in [7, 11) is 0. The highest BCUT2D eigenvalue weighted by Gasteiger charge is 2.17. The number of nitrogens with zero attached hydrogens (tertiary/aromatic N) is 1. The van der Waals surface area contributed by atoms with Crippen LogP contribution in [0.4, 0.5) is 10.1 Å². The highest BCUT2D eigenvalue weighted by Crippen LogP contribution is 2.18. The Bertz CT molecular complexity index is 569. The minimum absolute atomic E-state index is 0.173. The van der Waals surface area contributed by atoms with Crippen LogP contribution in [0.15, 0.2) is 35.7 Å². The molecule has 2 rings (SSSR count). The number of halogens is 1. The van der Waals surface area contributed by atoms with E-state index in [0.717, 1.165) is 4.88 Å². The first kappa shape index (κ1) is 13.5. The molecule has 0 radical (unpaired) electrons. The fourth-order valence-electron chi connectivity index (χ4n) is 1.82. The zero-order valence-corrected chi connectivity index (χ0v) is 11.4. The summed E-state index contributed by atoms with van der Waals surface area (Å²) in [5.74, 6) is -0.608. The summed E-state index contributed by atoms with van der Waals surface area (Å²) in [5, 5.41) is 1.97. The lowest BCUT2D eigenvalue weighted by Gasteiger charge is -2.21. The monoisotopic (exact) mass is 278 g/mol. The highest BCUT2D eigenvalue weighted by atomic mass is 32.1. The van der Waals surface area contributed by atoms with E-state index >= 15 is 0 Å². The van der Waals surface area contributed by atoms with Crippen molar-refractivity contribution in [3.8, 4) is 0 Å². The molecule has 0 saturated carbocycles. The van der Waals surface area contributed by atoms with Crippen molar-refractivity contribution in [2.45, 2.75) is 13.5 Å². The molecule has 1 aromatic carbocycles. The van der Waals surface area contributed by atoms with Crippen molar-refractivity contribution in [1.29, 1.82) is 0 Å². The Morgan fingerprint density at radius 2 is 2.21 bits per heavy atom. The molecule has 19 heavy (non-hydrogen) atoms. The minimum Gasteiger partial charge on any atom is -0.398 e. The predicted molar refractivity (Wildman–Crippen MR) is 75.5 cm³/mol. The molecule has 2 N–H and O–H groups in total. The molecule has 0 saturated heterocycles. The fourth-order valence-corrected chi connectivity index (χ4v) is 2.54. The van der Waals surface area contributed by atoms with E-state index in [0.29, 0.717) is 18.7 Å². The van der Waals surface area contributed by atoms with Gasteiger partial charge in [-0.05, 0) is 36.6 Å². The quantitative estimate of drug-likeness (QED) is 0.873. The lowest BCUT2D eigenvalue weighted by atomic mass is 10.1. The molecule has 0 aliphatic heterocycles. The molecule has 3 nitrogen and oxygen atoms in total. The number of hydrogen-bond donors (Lipinski definition) is 1. The Morgan fingerprint density at radius 3 is 2.79 bits per heavy atom. The number of carbonyl (C=O) groups excluding carboxylic acids is 1. The molecule has 5 heteroatoms. The van der Waals surface area contributed by atoms with Gasteiger partial charge in [-0.25, -0.2) is 4.39 Å². The van der Waals surface area contributed by atoms with E-state index in [-0.39, 0.29) is 11.6 Å². The van der Waals surface area contributed by atoms with Gasteiger partial charge in [0.1, 0.15) is 5.82 Å². The fraction of sp³-hybridized carbons (Fsp3) is 0.214. The number of rotatable bonds is 4. The molecule has 1 heterocycles. The summed E-state index contributed by atoms with van der Waals surface area (Å²) in [4.78, 5) is 15.2. The molecule has 0 aliphatic carbocycles. The van der Waals surface area contributed by atoms with Gasteiger partial charge in [0.25, 0.3) is 5.91 Å². The van der Waals surface area contributed by atoms with Crippen LogP contribution in [0.25, 0.3) is 0 Å². The molecule has 0 aliphatic rings. The summed E-state index contributed by atoms with van der Waals surface area (Å²) in [6, 6.07) is 7.79. The van der Waals surface area contributed by atoms with E-state index in [9.17, 15) is 9.18 Å². The second-order valence-electron chi connectivity index (χ2n) is 4.13. The maximum Gasteiger partial charge on any atom is 0.256 e. The maximum atomic E-state index is 13.0. The average molecular weight is 278 g/mol. The molecule has 1 aromatic heterocycles. The van der Waals surface area contributed by atoms with Crippen LogP contribution in [0, 0.1) is 5.82 Å². The van der Waals surface area contributed by atoms with E-state index in [2.05, 4.69) is 0 Å². The first-order chi connectivity index (χ1) is 9.11. The van der Waals surface area contributed by atoms with Crippen LogP contribution in [-0.2, 0) is 6.54 Å². The van der Waals surface area contributed by atoms with E-state index in [1.165, 1.54) is 18.2 Å². The Labute approximate surface area is 115 Å². The largest absolute Gasteiger partial charge is 0.398 e. The summed E-state index contributed by atoms with van der Waals surface area (Å²) >= 11 is 1.60. The summed E-state index contributed by atoms with van der Waals surface area (Å²) in [5.41, 5.74) is 6.23. The molecule has 100 valence electrons. The molecular formula is C14H15FN2OS. The molecule has 0 spiro atoms. The van der Waals surface area contributed by atoms with Gasteiger partial charge in [-0.1, -0.05) is 6.07 Å². The van der Waals surface area contributed by atoms with Crippen LogP contribution in [0.2, 0.25) is 0 Å². The van der Waals surface area contributed by atoms with Crippen molar-refractivity contribution in [1.82, 2.24) is 4.90 Å². The van der Waals surface area contributed by atoms with Gasteiger partial charge >= 0.3 is 0 Å². The predicted octanol–water partition coefficient (Wildman–Crippen LogP) is 3.13. The number of benzene rings is 1. The van der Waals surface area contributed by atoms with Crippen LogP contribution >= 0.6 is 11.3 Å². The molecule has 0 bridgehead atoms. The van der Waals surface area contributed by atoms with Crippen LogP contribution in [0.5, 0.6) is 0 Å². The minimum atomic E-state index is -0.435. The first-order valence-corrected chi connectivity index (χ1v) is 6.86. The maximum absolute atomic E-state index is 13.0. The second kappa shape index (κ2) is 5.84. The normalized spacial score (nSPS) is 10.4. The van der Waals surface area contributed by atoms with Crippen LogP contribution in [-0.4, -0.2) is 17.4 Å². The van der Waals surface area contributed by atoms with Crippen molar-refractivity contribution in [2.24, 2.45) is 0 Å². The van der Waals surface area contributed by atoms with Gasteiger partial charge in [-0.15, -0.1) is 11.3 Å². The zero-order chi connectivity index (χ0) is 13.8. The number of nitrogen functional groups attached to an aromatic ring is 1. The molecule has 1 amide bonds. The smallest absolute Gasteiger partial charge is 0.256 e. The molecule has 0 fully saturated rings. The first-order valence-electron chi connectivity index (χ1n) is 5.98. The Hall–Kier alpha value is -1.88. The third-order valence-corrected chi connectivity index (χ3v) is 3.70. The zero-order valence-electron chi connectivity index (χ0n) is 10.6. The molecular weight excluding hydrogens is 263 g/mol. The lowest BCUT2D eigenvalue weighted by molar-refractivity contribution is 0.0755. The number of nitrogens with two attached hydrogens (primary N) is 1. The number of anilines is 1. The number of amides is 1. The Morgan fingerprint density at radius 1 is 1.42 bits per heavy atom. The van der Waals surface area contributed by atoms with E-state index < -0.39 is 5.82 Å². The van der Waals surface area contributed by atoms with Gasteiger partial charge in [0.05, 0.1) is 12.1 Å². The van der Waals surface area contributed by atoms with E-state index in [1.807, 2.05) is 24.4 Å². The van der Waals surface area contributed by atoms with Crippen LogP contribution < -0.4 is 5.73 Å². The van der Waals surface area contributed by atoms with Gasteiger partial charge in [-0.2, -0.15) is 0 Å². The topological polar surface area (TPSA) is 46.3 Å². The van der Waals surface area contributed by atoms with Gasteiger partial charge in [-0.3, -0.25) is 4.79 Å². The third-order valence-electron chi connectivity index (χ3n) is 2.84. The SMILES string of the molecule is CCN(Cc1cccs1)C(=O)c1ccc(F)cc1N. The summed E-state index contributed by atoms with van der Waals surface area (Å²) in [6.07, 6.45) is 0. The van der Waals surface area contributed by atoms with Gasteiger partial charge in [0, 0.05) is 17.1 Å². The van der Waals surface area contributed by atoms with Crippen LogP contribution in [0.3, 0.4) is 0 Å². The lowest BCUT2D eigenvalue weighted by Crippen LogP contribution is -2.30. The highest BCUT2D eigenvalue weighted by molar-refractivity contribution is 7.09. The number of thiophene rings is 1. The van der Waals surface area contributed by atoms with Crippen molar-refractivity contribution < 1.29 is 9.18 Å². The van der Waals surface area contributed by atoms with Gasteiger partial charge in [0.15, 0.2) is 0 Å². The van der Waals surface area contributed by atoms with E-state index in [4.69, 9.17) is 5.73 Å². The molecule has 0 unspecified atom stereocenters. The Balaban J connectivity index is 2.20. The molecule has 0 atom stereocenters.